The van der Waals surface area contributed by atoms with E-state index in [9.17, 15) is 13.2 Å². The van der Waals surface area contributed by atoms with Crippen LogP contribution in [-0.4, -0.2) is 25.5 Å². The van der Waals surface area contributed by atoms with Gasteiger partial charge in [0.25, 0.3) is 10.0 Å². The summed E-state index contributed by atoms with van der Waals surface area (Å²) in [6.07, 6.45) is 1.33. The molecule has 2 aromatic carbocycles. The lowest BCUT2D eigenvalue weighted by Crippen LogP contribution is -2.12. The van der Waals surface area contributed by atoms with E-state index >= 15 is 0 Å². The zero-order chi connectivity index (χ0) is 17.5. The zero-order valence-electron chi connectivity index (χ0n) is 13.0. The molecule has 0 aliphatic carbocycles. The molecule has 0 unspecified atom stereocenters. The van der Waals surface area contributed by atoms with Crippen LogP contribution in [-0.2, 0) is 14.8 Å². The van der Waals surface area contributed by atoms with Gasteiger partial charge in [-0.1, -0.05) is 23.8 Å². The van der Waals surface area contributed by atoms with Gasteiger partial charge in [-0.05, 0) is 53.8 Å². The number of carbonyl (C=O) groups is 1. The van der Waals surface area contributed by atoms with Crippen molar-refractivity contribution in [2.45, 2.75) is 11.8 Å². The summed E-state index contributed by atoms with van der Waals surface area (Å²) in [6, 6.07) is 11.8. The van der Waals surface area contributed by atoms with Crippen molar-refractivity contribution < 1.29 is 17.9 Å². The molecule has 5 nitrogen and oxygen atoms in total. The normalized spacial score (nSPS) is 11.6. The summed E-state index contributed by atoms with van der Waals surface area (Å²) in [5, 5.41) is 0.570. The Labute approximate surface area is 153 Å². The Morgan fingerprint density at radius 1 is 1.12 bits per heavy atom. The molecular weight excluding hydrogens is 441 g/mol. The Hall–Kier alpha value is -1.87. The van der Waals surface area contributed by atoms with Crippen LogP contribution >= 0.6 is 22.6 Å². The fourth-order valence-electron chi connectivity index (χ4n) is 2.50. The third-order valence-electron chi connectivity index (χ3n) is 3.73. The van der Waals surface area contributed by atoms with E-state index in [-0.39, 0.29) is 10.5 Å². The summed E-state index contributed by atoms with van der Waals surface area (Å²) in [6.45, 7) is 1.89. The fraction of sp³-hybridized carbons (Fsp3) is 0.118. The van der Waals surface area contributed by atoms with Crippen LogP contribution in [0.2, 0.25) is 0 Å². The van der Waals surface area contributed by atoms with E-state index in [1.807, 2.05) is 13.0 Å². The van der Waals surface area contributed by atoms with E-state index in [2.05, 4.69) is 22.6 Å². The lowest BCUT2D eigenvalue weighted by atomic mass is 10.2. The highest BCUT2D eigenvalue weighted by molar-refractivity contribution is 14.1. The van der Waals surface area contributed by atoms with Crippen LogP contribution in [0.25, 0.3) is 10.9 Å². The maximum atomic E-state index is 13.0. The maximum absolute atomic E-state index is 13.0. The van der Waals surface area contributed by atoms with Gasteiger partial charge in [-0.25, -0.2) is 17.2 Å². The molecule has 3 aromatic rings. The third kappa shape index (κ3) is 2.71. The first-order valence-corrected chi connectivity index (χ1v) is 9.58. The number of rotatable bonds is 3. The standard InChI is InChI=1S/C17H14INO4S/c1-11-6-8-12(9-7-11)24(21,22)19-10-13(17(20)23-2)16-14(18)4-3-5-15(16)19/h3-10H,1-2H3. The predicted octanol–water partition coefficient (Wildman–Crippen LogP) is 3.58. The predicted molar refractivity (Wildman–Crippen MR) is 99.8 cm³/mol. The van der Waals surface area contributed by atoms with Gasteiger partial charge in [-0.15, -0.1) is 0 Å². The first-order chi connectivity index (χ1) is 11.4. The molecule has 0 atom stereocenters. The van der Waals surface area contributed by atoms with Crippen LogP contribution in [0.4, 0.5) is 0 Å². The van der Waals surface area contributed by atoms with E-state index in [1.165, 1.54) is 13.3 Å². The average molecular weight is 455 g/mol. The molecule has 3 rings (SSSR count). The van der Waals surface area contributed by atoms with E-state index in [0.717, 1.165) is 13.1 Å². The van der Waals surface area contributed by atoms with Crippen LogP contribution in [0.5, 0.6) is 0 Å². The monoisotopic (exact) mass is 455 g/mol. The highest BCUT2D eigenvalue weighted by Gasteiger charge is 2.25. The minimum atomic E-state index is -3.81. The van der Waals surface area contributed by atoms with Gasteiger partial charge in [-0.3, -0.25) is 0 Å². The highest BCUT2D eigenvalue weighted by Crippen LogP contribution is 2.30. The lowest BCUT2D eigenvalue weighted by Gasteiger charge is -2.08. The third-order valence-corrected chi connectivity index (χ3v) is 6.31. The van der Waals surface area contributed by atoms with Gasteiger partial charge in [0.1, 0.15) is 0 Å². The van der Waals surface area contributed by atoms with Crippen LogP contribution < -0.4 is 0 Å². The number of esters is 1. The molecule has 0 fully saturated rings. The van der Waals surface area contributed by atoms with Crippen molar-refractivity contribution in [3.63, 3.8) is 0 Å². The number of hydrogen-bond acceptors (Lipinski definition) is 4. The molecule has 0 aliphatic heterocycles. The van der Waals surface area contributed by atoms with Crippen molar-refractivity contribution in [3.05, 3.63) is 63.4 Å². The molecule has 0 N–H and O–H groups in total. The second-order valence-corrected chi connectivity index (χ2v) is 8.26. The molecule has 1 heterocycles. The summed E-state index contributed by atoms with van der Waals surface area (Å²) >= 11 is 2.08. The number of nitrogens with zero attached hydrogens (tertiary/aromatic N) is 1. The topological polar surface area (TPSA) is 65.4 Å². The van der Waals surface area contributed by atoms with Crippen LogP contribution in [0, 0.1) is 10.5 Å². The smallest absolute Gasteiger partial charge is 0.340 e. The van der Waals surface area contributed by atoms with Crippen molar-refractivity contribution >= 4 is 49.5 Å². The van der Waals surface area contributed by atoms with E-state index < -0.39 is 16.0 Å². The summed E-state index contributed by atoms with van der Waals surface area (Å²) in [4.78, 5) is 12.2. The van der Waals surface area contributed by atoms with E-state index in [0.29, 0.717) is 10.9 Å². The lowest BCUT2D eigenvalue weighted by molar-refractivity contribution is 0.0603. The summed E-state index contributed by atoms with van der Waals surface area (Å²) in [7, 11) is -2.54. The van der Waals surface area contributed by atoms with Crippen molar-refractivity contribution in [1.82, 2.24) is 3.97 Å². The Kier molecular flexibility index (Phi) is 4.39. The minimum absolute atomic E-state index is 0.167. The molecule has 0 saturated carbocycles. The Morgan fingerprint density at radius 2 is 1.79 bits per heavy atom. The summed E-state index contributed by atoms with van der Waals surface area (Å²) in [5.41, 5.74) is 1.65. The minimum Gasteiger partial charge on any atom is -0.465 e. The molecule has 0 bridgehead atoms. The van der Waals surface area contributed by atoms with Crippen molar-refractivity contribution in [2.24, 2.45) is 0 Å². The maximum Gasteiger partial charge on any atom is 0.340 e. The quantitative estimate of drug-likeness (QED) is 0.448. The number of halogens is 1. The van der Waals surface area contributed by atoms with Gasteiger partial charge in [0, 0.05) is 15.2 Å². The Bertz CT molecular complexity index is 1040. The molecule has 0 spiro atoms. The second kappa shape index (κ2) is 6.21. The second-order valence-electron chi connectivity index (χ2n) is 5.28. The molecular formula is C17H14INO4S. The number of carbonyl (C=O) groups excluding carboxylic acids is 1. The van der Waals surface area contributed by atoms with Gasteiger partial charge in [-0.2, -0.15) is 0 Å². The molecule has 0 saturated heterocycles. The van der Waals surface area contributed by atoms with Crippen LogP contribution in [0.1, 0.15) is 15.9 Å². The van der Waals surface area contributed by atoms with Crippen molar-refractivity contribution in [3.8, 4) is 0 Å². The van der Waals surface area contributed by atoms with Gasteiger partial charge >= 0.3 is 5.97 Å². The summed E-state index contributed by atoms with van der Waals surface area (Å²) in [5.74, 6) is -0.568. The number of aromatic nitrogens is 1. The van der Waals surface area contributed by atoms with Crippen molar-refractivity contribution in [2.75, 3.05) is 7.11 Å². The number of aryl methyl sites for hydroxylation is 1. The first-order valence-electron chi connectivity index (χ1n) is 7.06. The molecule has 124 valence electrons. The number of benzene rings is 2. The summed E-state index contributed by atoms with van der Waals surface area (Å²) < 4.78 is 32.7. The highest BCUT2D eigenvalue weighted by atomic mass is 127. The van der Waals surface area contributed by atoms with Gasteiger partial charge in [0.2, 0.25) is 0 Å². The SMILES string of the molecule is COC(=O)c1cn(S(=O)(=O)c2ccc(C)cc2)c2cccc(I)c12. The number of methoxy groups -OCH3 is 1. The number of ether oxygens (including phenoxy) is 1. The molecule has 1 aromatic heterocycles. The Morgan fingerprint density at radius 3 is 2.42 bits per heavy atom. The van der Waals surface area contributed by atoms with Crippen molar-refractivity contribution in [1.29, 1.82) is 0 Å². The van der Waals surface area contributed by atoms with E-state index in [1.54, 1.807) is 36.4 Å². The largest absolute Gasteiger partial charge is 0.465 e. The van der Waals surface area contributed by atoms with Gasteiger partial charge in [0.15, 0.2) is 0 Å². The van der Waals surface area contributed by atoms with Crippen LogP contribution in [0.15, 0.2) is 53.6 Å². The molecule has 0 aliphatic rings. The number of hydrogen-bond donors (Lipinski definition) is 0. The zero-order valence-corrected chi connectivity index (χ0v) is 16.0. The first kappa shape index (κ1) is 17.0. The average Bonchev–Trinajstić information content (AvgIpc) is 2.96. The molecule has 0 amide bonds. The van der Waals surface area contributed by atoms with Gasteiger partial charge in [0.05, 0.1) is 23.1 Å². The molecule has 0 radical (unpaired) electrons. The van der Waals surface area contributed by atoms with E-state index in [4.69, 9.17) is 4.74 Å². The Balaban J connectivity index is 2.32. The molecule has 7 heteroatoms. The fourth-order valence-corrected chi connectivity index (χ4v) is 4.64. The van der Waals surface area contributed by atoms with Gasteiger partial charge < -0.3 is 4.74 Å². The van der Waals surface area contributed by atoms with Crippen LogP contribution in [0.3, 0.4) is 0 Å². The molecule has 24 heavy (non-hydrogen) atoms. The number of fused-ring (bicyclic) bond motifs is 1.